The van der Waals surface area contributed by atoms with E-state index in [4.69, 9.17) is 9.84 Å². The van der Waals surface area contributed by atoms with Gasteiger partial charge in [0.2, 0.25) is 0 Å². The van der Waals surface area contributed by atoms with Gasteiger partial charge in [-0.15, -0.1) is 0 Å². The molecule has 0 radical (unpaired) electrons. The molecule has 2 unspecified atom stereocenters. The third kappa shape index (κ3) is 2.73. The lowest BCUT2D eigenvalue weighted by Gasteiger charge is -2.41. The van der Waals surface area contributed by atoms with Crippen LogP contribution >= 0.6 is 0 Å². The van der Waals surface area contributed by atoms with Crippen molar-refractivity contribution in [3.8, 4) is 5.75 Å². The predicted molar refractivity (Wildman–Crippen MR) is 72.6 cm³/mol. The van der Waals surface area contributed by atoms with Crippen LogP contribution in [0.25, 0.3) is 0 Å². The normalized spacial score (nSPS) is 27.0. The standard InChI is InChI=1S/C15H18FNO4/c16-10-1-2-13-11(7-10)14(18)12(8-21-13)17-5-3-9(4-6-17)15(19)20/h1-2,7,9,12,14,18H,3-6,8H2,(H,19,20). The van der Waals surface area contributed by atoms with Gasteiger partial charge in [-0.2, -0.15) is 0 Å². The molecule has 0 aromatic heterocycles. The van der Waals surface area contributed by atoms with Gasteiger partial charge in [-0.3, -0.25) is 9.69 Å². The lowest BCUT2D eigenvalue weighted by molar-refractivity contribution is -0.143. The summed E-state index contributed by atoms with van der Waals surface area (Å²) >= 11 is 0. The van der Waals surface area contributed by atoms with E-state index in [-0.39, 0.29) is 12.0 Å². The number of aliphatic carboxylic acids is 1. The second-order valence-corrected chi connectivity index (χ2v) is 5.65. The van der Waals surface area contributed by atoms with Crippen LogP contribution in [-0.2, 0) is 4.79 Å². The molecular formula is C15H18FNO4. The number of aliphatic hydroxyl groups is 1. The number of carboxylic acid groups (broad SMARTS) is 1. The Morgan fingerprint density at radius 3 is 2.71 bits per heavy atom. The van der Waals surface area contributed by atoms with E-state index >= 15 is 0 Å². The fraction of sp³-hybridized carbons (Fsp3) is 0.533. The predicted octanol–water partition coefficient (Wildman–Crippen LogP) is 1.42. The Kier molecular flexibility index (Phi) is 3.82. The molecule has 1 aromatic carbocycles. The molecule has 5 nitrogen and oxygen atoms in total. The lowest BCUT2D eigenvalue weighted by atomic mass is 9.92. The van der Waals surface area contributed by atoms with E-state index < -0.39 is 17.9 Å². The fourth-order valence-electron chi connectivity index (χ4n) is 3.14. The van der Waals surface area contributed by atoms with Crippen molar-refractivity contribution in [3.05, 3.63) is 29.6 Å². The Morgan fingerprint density at radius 2 is 2.05 bits per heavy atom. The highest BCUT2D eigenvalue weighted by atomic mass is 19.1. The number of nitrogens with zero attached hydrogens (tertiary/aromatic N) is 1. The summed E-state index contributed by atoms with van der Waals surface area (Å²) in [4.78, 5) is 13.0. The number of halogens is 1. The molecule has 2 aliphatic heterocycles. The van der Waals surface area contributed by atoms with Gasteiger partial charge in [-0.25, -0.2) is 4.39 Å². The van der Waals surface area contributed by atoms with Crippen LogP contribution < -0.4 is 4.74 Å². The molecule has 0 bridgehead atoms. The van der Waals surface area contributed by atoms with E-state index in [1.165, 1.54) is 18.2 Å². The van der Waals surface area contributed by atoms with Gasteiger partial charge in [0.05, 0.1) is 12.0 Å². The Bertz CT molecular complexity index is 542. The summed E-state index contributed by atoms with van der Waals surface area (Å²) < 4.78 is 18.9. The molecule has 2 N–H and O–H groups in total. The minimum atomic E-state index is -0.814. The monoisotopic (exact) mass is 295 g/mol. The zero-order chi connectivity index (χ0) is 15.0. The van der Waals surface area contributed by atoms with Crippen LogP contribution in [0.1, 0.15) is 24.5 Å². The molecule has 2 aliphatic rings. The summed E-state index contributed by atoms with van der Waals surface area (Å²) in [5.41, 5.74) is 0.464. The SMILES string of the molecule is O=C(O)C1CCN(C2COc3ccc(F)cc3C2O)CC1. The number of aliphatic hydroxyl groups excluding tert-OH is 1. The second-order valence-electron chi connectivity index (χ2n) is 5.65. The van der Waals surface area contributed by atoms with Gasteiger partial charge in [0, 0.05) is 5.56 Å². The van der Waals surface area contributed by atoms with E-state index in [1.54, 1.807) is 0 Å². The van der Waals surface area contributed by atoms with Gasteiger partial charge < -0.3 is 14.9 Å². The van der Waals surface area contributed by atoms with Crippen molar-refractivity contribution in [1.29, 1.82) is 0 Å². The summed E-state index contributed by atoms with van der Waals surface area (Å²) in [7, 11) is 0. The van der Waals surface area contributed by atoms with Gasteiger partial charge in [-0.05, 0) is 44.1 Å². The molecular weight excluding hydrogens is 277 g/mol. The average Bonchev–Trinajstić information content (AvgIpc) is 2.48. The topological polar surface area (TPSA) is 70.0 Å². The van der Waals surface area contributed by atoms with Gasteiger partial charge >= 0.3 is 5.97 Å². The van der Waals surface area contributed by atoms with Crippen LogP contribution in [-0.4, -0.2) is 46.8 Å². The molecule has 0 aliphatic carbocycles. The first-order valence-corrected chi connectivity index (χ1v) is 7.13. The van der Waals surface area contributed by atoms with Crippen LogP contribution in [0.2, 0.25) is 0 Å². The highest BCUT2D eigenvalue weighted by Gasteiger charge is 2.36. The van der Waals surface area contributed by atoms with Crippen LogP contribution in [0.4, 0.5) is 4.39 Å². The summed E-state index contributed by atoms with van der Waals surface area (Å²) in [6.45, 7) is 1.54. The number of piperidine rings is 1. The number of ether oxygens (including phenoxy) is 1. The van der Waals surface area contributed by atoms with Crippen LogP contribution in [0.5, 0.6) is 5.75 Å². The first-order chi connectivity index (χ1) is 10.1. The zero-order valence-corrected chi connectivity index (χ0v) is 11.5. The van der Waals surface area contributed by atoms with Gasteiger partial charge in [0.15, 0.2) is 0 Å². The average molecular weight is 295 g/mol. The van der Waals surface area contributed by atoms with E-state index in [1.807, 2.05) is 4.90 Å². The molecule has 114 valence electrons. The fourth-order valence-corrected chi connectivity index (χ4v) is 3.14. The third-order valence-corrected chi connectivity index (χ3v) is 4.41. The Balaban J connectivity index is 1.72. The van der Waals surface area contributed by atoms with E-state index in [9.17, 15) is 14.3 Å². The first-order valence-electron chi connectivity index (χ1n) is 7.13. The molecule has 0 saturated carbocycles. The maximum absolute atomic E-state index is 13.3. The molecule has 1 saturated heterocycles. The summed E-state index contributed by atoms with van der Waals surface area (Å²) in [6.07, 6.45) is 0.314. The van der Waals surface area contributed by atoms with Crippen molar-refractivity contribution in [2.75, 3.05) is 19.7 Å². The zero-order valence-electron chi connectivity index (χ0n) is 11.5. The summed E-state index contributed by atoms with van der Waals surface area (Å²) in [5, 5.41) is 19.5. The van der Waals surface area contributed by atoms with Gasteiger partial charge in [-0.1, -0.05) is 0 Å². The van der Waals surface area contributed by atoms with Crippen LogP contribution in [0.15, 0.2) is 18.2 Å². The summed E-state index contributed by atoms with van der Waals surface area (Å²) in [6, 6.07) is 3.88. The molecule has 2 atom stereocenters. The van der Waals surface area contributed by atoms with Crippen molar-refractivity contribution in [2.24, 2.45) is 5.92 Å². The number of likely N-dealkylation sites (tertiary alicyclic amines) is 1. The van der Waals surface area contributed by atoms with Crippen molar-refractivity contribution in [1.82, 2.24) is 4.90 Å². The van der Waals surface area contributed by atoms with Crippen molar-refractivity contribution < 1.29 is 24.1 Å². The molecule has 1 aromatic rings. The quantitative estimate of drug-likeness (QED) is 0.863. The minimum Gasteiger partial charge on any atom is -0.491 e. The number of hydrogen-bond donors (Lipinski definition) is 2. The van der Waals surface area contributed by atoms with Gasteiger partial charge in [0.25, 0.3) is 0 Å². The Hall–Kier alpha value is -1.66. The van der Waals surface area contributed by atoms with Crippen molar-refractivity contribution in [3.63, 3.8) is 0 Å². The van der Waals surface area contributed by atoms with Crippen LogP contribution in [0, 0.1) is 11.7 Å². The number of carboxylic acids is 1. The van der Waals surface area contributed by atoms with E-state index in [2.05, 4.69) is 0 Å². The molecule has 6 heteroatoms. The highest BCUT2D eigenvalue weighted by Crippen LogP contribution is 2.35. The number of carbonyl (C=O) groups is 1. The molecule has 21 heavy (non-hydrogen) atoms. The Labute approximate surface area is 121 Å². The van der Waals surface area contributed by atoms with Gasteiger partial charge in [0.1, 0.15) is 24.3 Å². The number of fused-ring (bicyclic) bond motifs is 1. The number of hydrogen-bond acceptors (Lipinski definition) is 4. The van der Waals surface area contributed by atoms with Crippen LogP contribution in [0.3, 0.4) is 0 Å². The Morgan fingerprint density at radius 1 is 1.33 bits per heavy atom. The van der Waals surface area contributed by atoms with Crippen molar-refractivity contribution in [2.45, 2.75) is 25.0 Å². The smallest absolute Gasteiger partial charge is 0.306 e. The second kappa shape index (κ2) is 5.61. The molecule has 3 rings (SSSR count). The van der Waals surface area contributed by atoms with E-state index in [0.717, 1.165) is 0 Å². The third-order valence-electron chi connectivity index (χ3n) is 4.41. The molecule has 2 heterocycles. The lowest BCUT2D eigenvalue weighted by Crippen LogP contribution is -2.49. The first kappa shape index (κ1) is 14.3. The minimum absolute atomic E-state index is 0.256. The molecule has 0 amide bonds. The maximum atomic E-state index is 13.3. The maximum Gasteiger partial charge on any atom is 0.306 e. The molecule has 1 fully saturated rings. The largest absolute Gasteiger partial charge is 0.491 e. The van der Waals surface area contributed by atoms with E-state index in [0.29, 0.717) is 43.9 Å². The number of benzene rings is 1. The van der Waals surface area contributed by atoms with Crippen molar-refractivity contribution >= 4 is 5.97 Å². The molecule has 0 spiro atoms. The summed E-state index contributed by atoms with van der Waals surface area (Å²) in [5.74, 6) is -0.961. The number of rotatable bonds is 2. The highest BCUT2D eigenvalue weighted by molar-refractivity contribution is 5.70.